The van der Waals surface area contributed by atoms with Gasteiger partial charge < -0.3 is 9.47 Å². The van der Waals surface area contributed by atoms with Gasteiger partial charge in [0.2, 0.25) is 0 Å². The fraction of sp³-hybridized carbons (Fsp3) is 0.333. The first-order valence-electron chi connectivity index (χ1n) is 8.14. The van der Waals surface area contributed by atoms with Crippen molar-refractivity contribution in [2.75, 3.05) is 13.2 Å². The highest BCUT2D eigenvalue weighted by atomic mass is 16.6. The summed E-state index contributed by atoms with van der Waals surface area (Å²) < 4.78 is 9.72. The number of pyridine rings is 1. The summed E-state index contributed by atoms with van der Waals surface area (Å²) in [6.45, 7) is 1.22. The number of alkyl carbamates (subject to hydrolysis) is 1. The van der Waals surface area contributed by atoms with Gasteiger partial charge in [-0.3, -0.25) is 15.1 Å². The number of amides is 2. The smallest absolute Gasteiger partial charge is 0.413 e. The SMILES string of the molecule is CCOC(=O)NC(=O)COC(=O)c1c2c(nc3ccccc13)CCC2. The second-order valence-corrected chi connectivity index (χ2v) is 5.63. The van der Waals surface area contributed by atoms with Crippen LogP contribution in [0.4, 0.5) is 4.79 Å². The molecule has 0 atom stereocenters. The summed E-state index contributed by atoms with van der Waals surface area (Å²) in [4.78, 5) is 40.0. The van der Waals surface area contributed by atoms with Gasteiger partial charge in [-0.2, -0.15) is 0 Å². The molecule has 1 N–H and O–H groups in total. The van der Waals surface area contributed by atoms with Crippen LogP contribution in [0.15, 0.2) is 24.3 Å². The average Bonchev–Trinajstić information content (AvgIpc) is 3.05. The molecule has 0 unspecified atom stereocenters. The van der Waals surface area contributed by atoms with Gasteiger partial charge >= 0.3 is 12.1 Å². The van der Waals surface area contributed by atoms with Crippen LogP contribution >= 0.6 is 0 Å². The summed E-state index contributed by atoms with van der Waals surface area (Å²) in [5.41, 5.74) is 2.98. The maximum absolute atomic E-state index is 12.6. The lowest BCUT2D eigenvalue weighted by molar-refractivity contribution is -0.123. The van der Waals surface area contributed by atoms with E-state index < -0.39 is 24.6 Å². The summed E-state index contributed by atoms with van der Waals surface area (Å²) in [6, 6.07) is 7.35. The van der Waals surface area contributed by atoms with Crippen LogP contribution in [0.5, 0.6) is 0 Å². The zero-order valence-corrected chi connectivity index (χ0v) is 13.8. The number of para-hydroxylation sites is 1. The predicted molar refractivity (Wildman–Crippen MR) is 89.2 cm³/mol. The van der Waals surface area contributed by atoms with E-state index in [-0.39, 0.29) is 6.61 Å². The van der Waals surface area contributed by atoms with Crippen molar-refractivity contribution in [2.45, 2.75) is 26.2 Å². The van der Waals surface area contributed by atoms with Gasteiger partial charge in [0, 0.05) is 11.1 Å². The van der Waals surface area contributed by atoms with Crippen LogP contribution in [0, 0.1) is 0 Å². The van der Waals surface area contributed by atoms with E-state index >= 15 is 0 Å². The van der Waals surface area contributed by atoms with Crippen LogP contribution in [0.1, 0.15) is 35.0 Å². The Kier molecular flexibility index (Phi) is 4.92. The summed E-state index contributed by atoms with van der Waals surface area (Å²) in [7, 11) is 0. The Hall–Kier alpha value is -2.96. The monoisotopic (exact) mass is 342 g/mol. The highest BCUT2D eigenvalue weighted by molar-refractivity contribution is 6.06. The van der Waals surface area contributed by atoms with E-state index in [1.807, 2.05) is 29.6 Å². The number of aromatic nitrogens is 1. The number of carbonyl (C=O) groups excluding carboxylic acids is 3. The van der Waals surface area contributed by atoms with Gasteiger partial charge in [-0.05, 0) is 37.8 Å². The molecule has 130 valence electrons. The number of ether oxygens (including phenoxy) is 2. The summed E-state index contributed by atoms with van der Waals surface area (Å²) in [5, 5.41) is 2.69. The molecule has 0 aliphatic heterocycles. The Bertz CT molecular complexity index is 847. The fourth-order valence-electron chi connectivity index (χ4n) is 2.96. The van der Waals surface area contributed by atoms with E-state index in [0.717, 1.165) is 36.0 Å². The molecule has 0 saturated carbocycles. The fourth-order valence-corrected chi connectivity index (χ4v) is 2.96. The molecule has 1 aromatic carbocycles. The zero-order valence-electron chi connectivity index (χ0n) is 13.8. The number of benzene rings is 1. The van der Waals surface area contributed by atoms with E-state index in [4.69, 9.17) is 4.74 Å². The topological polar surface area (TPSA) is 94.6 Å². The largest absolute Gasteiger partial charge is 0.452 e. The number of aryl methyl sites for hydroxylation is 1. The third kappa shape index (κ3) is 3.60. The molecule has 0 bridgehead atoms. The standard InChI is InChI=1S/C18H18N2O5/c1-2-24-18(23)20-15(21)10-25-17(22)16-11-6-3-4-8-13(11)19-14-9-5-7-12(14)16/h3-4,6,8H,2,5,7,9-10H2,1H3,(H,20,21,23). The van der Waals surface area contributed by atoms with Crippen LogP contribution in [0.2, 0.25) is 0 Å². The van der Waals surface area contributed by atoms with Crippen LogP contribution < -0.4 is 5.32 Å². The average molecular weight is 342 g/mol. The first-order valence-corrected chi connectivity index (χ1v) is 8.14. The molecule has 7 heteroatoms. The molecule has 1 aliphatic rings. The number of fused-ring (bicyclic) bond motifs is 2. The number of nitrogens with zero attached hydrogens (tertiary/aromatic N) is 1. The lowest BCUT2D eigenvalue weighted by Gasteiger charge is -2.12. The van der Waals surface area contributed by atoms with E-state index in [2.05, 4.69) is 9.72 Å². The minimum atomic E-state index is -0.862. The quantitative estimate of drug-likeness (QED) is 0.856. The Labute approximate surface area is 144 Å². The van der Waals surface area contributed by atoms with Crippen molar-refractivity contribution in [2.24, 2.45) is 0 Å². The Morgan fingerprint density at radius 2 is 1.96 bits per heavy atom. The number of hydrogen-bond acceptors (Lipinski definition) is 6. The number of esters is 1. The second-order valence-electron chi connectivity index (χ2n) is 5.63. The molecule has 1 heterocycles. The lowest BCUT2D eigenvalue weighted by Crippen LogP contribution is -2.34. The molecule has 7 nitrogen and oxygen atoms in total. The number of hydrogen-bond donors (Lipinski definition) is 1. The molecular weight excluding hydrogens is 324 g/mol. The second kappa shape index (κ2) is 7.29. The van der Waals surface area contributed by atoms with E-state index in [1.54, 1.807) is 6.92 Å². The zero-order chi connectivity index (χ0) is 17.8. The third-order valence-corrected chi connectivity index (χ3v) is 3.97. The molecule has 0 radical (unpaired) electrons. The Morgan fingerprint density at radius 1 is 1.16 bits per heavy atom. The van der Waals surface area contributed by atoms with Gasteiger partial charge in [0.1, 0.15) is 0 Å². The summed E-state index contributed by atoms with van der Waals surface area (Å²) in [5.74, 6) is -1.32. The van der Waals surface area contributed by atoms with Crippen LogP contribution in [-0.4, -0.2) is 36.2 Å². The van der Waals surface area contributed by atoms with E-state index in [9.17, 15) is 14.4 Å². The normalized spacial score (nSPS) is 12.5. The highest BCUT2D eigenvalue weighted by Crippen LogP contribution is 2.30. The van der Waals surface area contributed by atoms with Crippen LogP contribution in [-0.2, 0) is 27.1 Å². The Balaban J connectivity index is 1.79. The molecule has 3 rings (SSSR count). The molecule has 1 aromatic heterocycles. The number of imide groups is 1. The van der Waals surface area contributed by atoms with Crippen molar-refractivity contribution < 1.29 is 23.9 Å². The van der Waals surface area contributed by atoms with Gasteiger partial charge in [0.05, 0.1) is 17.7 Å². The molecule has 2 aromatic rings. The number of nitrogens with one attached hydrogen (secondary N) is 1. The van der Waals surface area contributed by atoms with Crippen molar-refractivity contribution in [3.05, 3.63) is 41.1 Å². The van der Waals surface area contributed by atoms with Crippen molar-refractivity contribution in [3.63, 3.8) is 0 Å². The minimum absolute atomic E-state index is 0.147. The van der Waals surface area contributed by atoms with Crippen molar-refractivity contribution in [3.8, 4) is 0 Å². The van der Waals surface area contributed by atoms with Gasteiger partial charge in [-0.15, -0.1) is 0 Å². The molecule has 0 fully saturated rings. The molecular formula is C18H18N2O5. The van der Waals surface area contributed by atoms with Gasteiger partial charge in [0.25, 0.3) is 5.91 Å². The molecule has 2 amide bonds. The highest BCUT2D eigenvalue weighted by Gasteiger charge is 2.25. The van der Waals surface area contributed by atoms with Crippen LogP contribution in [0.3, 0.4) is 0 Å². The van der Waals surface area contributed by atoms with Crippen molar-refractivity contribution in [1.29, 1.82) is 0 Å². The Morgan fingerprint density at radius 3 is 2.76 bits per heavy atom. The summed E-state index contributed by atoms with van der Waals surface area (Å²) >= 11 is 0. The maximum Gasteiger partial charge on any atom is 0.413 e. The van der Waals surface area contributed by atoms with E-state index in [0.29, 0.717) is 10.9 Å². The van der Waals surface area contributed by atoms with Crippen LogP contribution in [0.25, 0.3) is 10.9 Å². The van der Waals surface area contributed by atoms with Crippen molar-refractivity contribution in [1.82, 2.24) is 10.3 Å². The predicted octanol–water partition coefficient (Wildman–Crippen LogP) is 2.15. The van der Waals surface area contributed by atoms with E-state index in [1.165, 1.54) is 0 Å². The number of rotatable bonds is 4. The minimum Gasteiger partial charge on any atom is -0.452 e. The first kappa shape index (κ1) is 16.9. The molecule has 1 aliphatic carbocycles. The molecule has 0 saturated heterocycles. The number of carbonyl (C=O) groups is 3. The molecule has 0 spiro atoms. The first-order chi connectivity index (χ1) is 12.1. The maximum atomic E-state index is 12.6. The lowest BCUT2D eigenvalue weighted by atomic mass is 10.0. The summed E-state index contributed by atoms with van der Waals surface area (Å²) in [6.07, 6.45) is 1.65. The van der Waals surface area contributed by atoms with Crippen molar-refractivity contribution >= 4 is 28.9 Å². The van der Waals surface area contributed by atoms with Gasteiger partial charge in [-0.1, -0.05) is 18.2 Å². The molecule has 25 heavy (non-hydrogen) atoms. The third-order valence-electron chi connectivity index (χ3n) is 3.97. The van der Waals surface area contributed by atoms with Gasteiger partial charge in [0.15, 0.2) is 6.61 Å². The van der Waals surface area contributed by atoms with Gasteiger partial charge in [-0.25, -0.2) is 9.59 Å².